The van der Waals surface area contributed by atoms with E-state index in [1.54, 1.807) is 11.0 Å². The van der Waals surface area contributed by atoms with Gasteiger partial charge in [0.25, 0.3) is 0 Å². The van der Waals surface area contributed by atoms with Gasteiger partial charge >= 0.3 is 5.97 Å². The van der Waals surface area contributed by atoms with Gasteiger partial charge in [0.2, 0.25) is 5.91 Å². The number of nitrogens with zero attached hydrogens (tertiary/aromatic N) is 2. The zero-order valence-corrected chi connectivity index (χ0v) is 13.2. The normalized spacial score (nSPS) is 28.7. The minimum Gasteiger partial charge on any atom is -0.479 e. The molecule has 0 bridgehead atoms. The molecular weight excluding hydrogens is 280 g/mol. The highest BCUT2D eigenvalue weighted by Crippen LogP contribution is 2.38. The second kappa shape index (κ2) is 6.41. The SMILES string of the molecule is O=C(O)C1C=CCN1C(=O)C1(N2CCCCC2)CCCCC1. The van der Waals surface area contributed by atoms with Crippen LogP contribution in [0.15, 0.2) is 12.2 Å². The smallest absolute Gasteiger partial charge is 0.330 e. The monoisotopic (exact) mass is 306 g/mol. The molecule has 0 radical (unpaired) electrons. The zero-order valence-electron chi connectivity index (χ0n) is 13.2. The predicted octanol–water partition coefficient (Wildman–Crippen LogP) is 2.03. The van der Waals surface area contributed by atoms with Crippen molar-refractivity contribution in [1.29, 1.82) is 0 Å². The Labute approximate surface area is 132 Å². The molecule has 3 rings (SSSR count). The molecule has 2 heterocycles. The van der Waals surface area contributed by atoms with Crippen LogP contribution in [0.2, 0.25) is 0 Å². The minimum atomic E-state index is -0.924. The van der Waals surface area contributed by atoms with Crippen LogP contribution in [0.1, 0.15) is 51.4 Å². The molecule has 1 saturated heterocycles. The topological polar surface area (TPSA) is 60.9 Å². The summed E-state index contributed by atoms with van der Waals surface area (Å²) >= 11 is 0. The number of likely N-dealkylation sites (tertiary alicyclic amines) is 1. The molecule has 0 spiro atoms. The van der Waals surface area contributed by atoms with E-state index in [0.717, 1.165) is 51.6 Å². The van der Waals surface area contributed by atoms with Crippen molar-refractivity contribution in [3.05, 3.63) is 12.2 Å². The van der Waals surface area contributed by atoms with Crippen LogP contribution in [0.4, 0.5) is 0 Å². The summed E-state index contributed by atoms with van der Waals surface area (Å²) in [6.45, 7) is 2.39. The predicted molar refractivity (Wildman–Crippen MR) is 83.5 cm³/mol. The van der Waals surface area contributed by atoms with E-state index in [9.17, 15) is 14.7 Å². The van der Waals surface area contributed by atoms with Crippen molar-refractivity contribution in [2.24, 2.45) is 0 Å². The first-order chi connectivity index (χ1) is 10.6. The van der Waals surface area contributed by atoms with Crippen LogP contribution in [-0.2, 0) is 9.59 Å². The number of hydrogen-bond acceptors (Lipinski definition) is 3. The Kier molecular flexibility index (Phi) is 4.52. The summed E-state index contributed by atoms with van der Waals surface area (Å²) in [5.74, 6) is -0.877. The van der Waals surface area contributed by atoms with Gasteiger partial charge in [0.15, 0.2) is 0 Å². The van der Waals surface area contributed by atoms with Crippen molar-refractivity contribution in [3.8, 4) is 0 Å². The molecule has 1 atom stereocenters. The van der Waals surface area contributed by atoms with Crippen LogP contribution in [0.25, 0.3) is 0 Å². The van der Waals surface area contributed by atoms with Gasteiger partial charge < -0.3 is 10.0 Å². The molecule has 1 saturated carbocycles. The zero-order chi connectivity index (χ0) is 15.6. The molecule has 1 aliphatic carbocycles. The molecule has 5 heteroatoms. The summed E-state index contributed by atoms with van der Waals surface area (Å²) < 4.78 is 0. The molecule has 0 aromatic heterocycles. The van der Waals surface area contributed by atoms with Gasteiger partial charge in [-0.05, 0) is 38.8 Å². The van der Waals surface area contributed by atoms with Gasteiger partial charge in [-0.3, -0.25) is 9.69 Å². The fourth-order valence-corrected chi connectivity index (χ4v) is 4.34. The Balaban J connectivity index is 1.85. The minimum absolute atomic E-state index is 0.0477. The number of piperidine rings is 1. The molecule has 1 unspecified atom stereocenters. The van der Waals surface area contributed by atoms with Gasteiger partial charge in [-0.1, -0.05) is 37.8 Å². The second-order valence-corrected chi connectivity index (χ2v) is 6.81. The number of carbonyl (C=O) groups excluding carboxylic acids is 1. The largest absolute Gasteiger partial charge is 0.479 e. The Bertz CT molecular complexity index is 463. The third-order valence-electron chi connectivity index (χ3n) is 5.51. The van der Waals surface area contributed by atoms with Gasteiger partial charge in [0.05, 0.1) is 0 Å². The number of carboxylic acid groups (broad SMARTS) is 1. The Morgan fingerprint density at radius 2 is 1.64 bits per heavy atom. The van der Waals surface area contributed by atoms with Crippen LogP contribution in [0.3, 0.4) is 0 Å². The van der Waals surface area contributed by atoms with E-state index < -0.39 is 17.6 Å². The summed E-state index contributed by atoms with van der Waals surface area (Å²) in [5.41, 5.74) is -0.446. The number of hydrogen-bond donors (Lipinski definition) is 1. The third kappa shape index (κ3) is 2.67. The van der Waals surface area contributed by atoms with Gasteiger partial charge in [-0.15, -0.1) is 0 Å². The molecule has 1 N–H and O–H groups in total. The van der Waals surface area contributed by atoms with E-state index in [1.165, 1.54) is 12.8 Å². The first-order valence-electron chi connectivity index (χ1n) is 8.61. The van der Waals surface area contributed by atoms with Gasteiger partial charge in [0, 0.05) is 6.54 Å². The fraction of sp³-hybridized carbons (Fsp3) is 0.765. The summed E-state index contributed by atoms with van der Waals surface area (Å²) in [6.07, 6.45) is 12.1. The fourth-order valence-electron chi connectivity index (χ4n) is 4.34. The van der Waals surface area contributed by atoms with Crippen molar-refractivity contribution in [2.75, 3.05) is 19.6 Å². The van der Waals surface area contributed by atoms with Crippen molar-refractivity contribution in [1.82, 2.24) is 9.80 Å². The van der Waals surface area contributed by atoms with E-state index >= 15 is 0 Å². The lowest BCUT2D eigenvalue weighted by Crippen LogP contribution is -2.63. The summed E-state index contributed by atoms with van der Waals surface area (Å²) in [4.78, 5) is 28.7. The highest BCUT2D eigenvalue weighted by Gasteiger charge is 2.49. The Morgan fingerprint density at radius 1 is 1.00 bits per heavy atom. The van der Waals surface area contributed by atoms with Crippen molar-refractivity contribution in [2.45, 2.75) is 62.9 Å². The molecule has 2 aliphatic heterocycles. The van der Waals surface area contributed by atoms with Crippen LogP contribution in [0.5, 0.6) is 0 Å². The standard InChI is InChI=1S/C17H26N2O3/c20-15(21)14-8-7-13-19(14)16(22)17(9-3-1-4-10-17)18-11-5-2-6-12-18/h7-8,14H,1-6,9-13H2,(H,20,21). The number of rotatable bonds is 3. The van der Waals surface area contributed by atoms with Crippen LogP contribution in [-0.4, -0.2) is 58.0 Å². The molecule has 1 amide bonds. The van der Waals surface area contributed by atoms with Gasteiger partial charge in [-0.25, -0.2) is 4.79 Å². The second-order valence-electron chi connectivity index (χ2n) is 6.81. The van der Waals surface area contributed by atoms with E-state index in [-0.39, 0.29) is 5.91 Å². The van der Waals surface area contributed by atoms with E-state index in [4.69, 9.17) is 0 Å². The Morgan fingerprint density at radius 3 is 2.27 bits per heavy atom. The number of carboxylic acids is 1. The first-order valence-corrected chi connectivity index (χ1v) is 8.61. The molecular formula is C17H26N2O3. The molecule has 22 heavy (non-hydrogen) atoms. The molecule has 5 nitrogen and oxygen atoms in total. The maximum absolute atomic E-state index is 13.3. The lowest BCUT2D eigenvalue weighted by molar-refractivity contribution is -0.156. The molecule has 0 aromatic rings. The lowest BCUT2D eigenvalue weighted by Gasteiger charge is -2.48. The average molecular weight is 306 g/mol. The van der Waals surface area contributed by atoms with E-state index in [0.29, 0.717) is 6.54 Å². The Hall–Kier alpha value is -1.36. The number of carbonyl (C=O) groups is 2. The van der Waals surface area contributed by atoms with Crippen LogP contribution < -0.4 is 0 Å². The van der Waals surface area contributed by atoms with E-state index in [2.05, 4.69) is 4.90 Å². The highest BCUT2D eigenvalue weighted by molar-refractivity contribution is 5.92. The van der Waals surface area contributed by atoms with Crippen LogP contribution >= 0.6 is 0 Å². The van der Waals surface area contributed by atoms with E-state index in [1.807, 2.05) is 6.08 Å². The summed E-state index contributed by atoms with van der Waals surface area (Å²) in [5, 5.41) is 9.37. The average Bonchev–Trinajstić information content (AvgIpc) is 3.05. The number of amides is 1. The van der Waals surface area contributed by atoms with Gasteiger partial charge in [0.1, 0.15) is 11.6 Å². The van der Waals surface area contributed by atoms with Crippen molar-refractivity contribution < 1.29 is 14.7 Å². The molecule has 122 valence electrons. The molecule has 0 aromatic carbocycles. The lowest BCUT2D eigenvalue weighted by atomic mass is 9.78. The highest BCUT2D eigenvalue weighted by atomic mass is 16.4. The van der Waals surface area contributed by atoms with Gasteiger partial charge in [-0.2, -0.15) is 0 Å². The molecule has 3 aliphatic rings. The maximum atomic E-state index is 13.3. The molecule has 2 fully saturated rings. The van der Waals surface area contributed by atoms with Crippen molar-refractivity contribution >= 4 is 11.9 Å². The van der Waals surface area contributed by atoms with Crippen molar-refractivity contribution in [3.63, 3.8) is 0 Å². The quantitative estimate of drug-likeness (QED) is 0.811. The first kappa shape index (κ1) is 15.5. The maximum Gasteiger partial charge on any atom is 0.330 e. The summed E-state index contributed by atoms with van der Waals surface area (Å²) in [7, 11) is 0. The summed E-state index contributed by atoms with van der Waals surface area (Å²) in [6, 6.07) is -0.781. The third-order valence-corrected chi connectivity index (χ3v) is 5.51. The van der Waals surface area contributed by atoms with Crippen LogP contribution in [0, 0.1) is 0 Å². The number of aliphatic carboxylic acids is 1.